The van der Waals surface area contributed by atoms with Gasteiger partial charge in [0.15, 0.2) is 5.75 Å². The van der Waals surface area contributed by atoms with E-state index in [1.807, 2.05) is 0 Å². The Hall–Kier alpha value is -2.44. The molecule has 7 heteroatoms. The summed E-state index contributed by atoms with van der Waals surface area (Å²) in [7, 11) is 0. The van der Waals surface area contributed by atoms with Gasteiger partial charge in [-0.25, -0.2) is 14.8 Å². The summed E-state index contributed by atoms with van der Waals surface area (Å²) in [6, 6.07) is 0.0936. The first-order chi connectivity index (χ1) is 8.69. The van der Waals surface area contributed by atoms with Crippen LogP contribution in [0.25, 0.3) is 0 Å². The highest BCUT2D eigenvalue weighted by atomic mass is 16.5. The Morgan fingerprint density at radius 2 is 2.11 bits per heavy atom. The molecule has 18 heavy (non-hydrogen) atoms. The van der Waals surface area contributed by atoms with Crippen LogP contribution in [-0.2, 0) is 6.54 Å². The van der Waals surface area contributed by atoms with Crippen LogP contribution < -0.4 is 4.74 Å². The minimum absolute atomic E-state index is 0.0176. The number of ether oxygens (including phenoxy) is 1. The number of nitrogens with zero attached hydrogens (tertiary/aromatic N) is 4. The average molecular weight is 248 g/mol. The Morgan fingerprint density at radius 3 is 2.72 bits per heavy atom. The normalized spacial score (nSPS) is 10.3. The molecule has 0 aliphatic carbocycles. The first kappa shape index (κ1) is 12.0. The van der Waals surface area contributed by atoms with Crippen LogP contribution in [0.2, 0.25) is 0 Å². The van der Waals surface area contributed by atoms with Crippen molar-refractivity contribution in [3.63, 3.8) is 0 Å². The maximum atomic E-state index is 10.6. The molecular weight excluding hydrogens is 236 g/mol. The molecule has 0 unspecified atom stereocenters. The first-order valence-corrected chi connectivity index (χ1v) is 5.44. The van der Waals surface area contributed by atoms with Crippen LogP contribution >= 0.6 is 0 Å². The molecule has 0 aliphatic heterocycles. The minimum atomic E-state index is -1.07. The molecule has 0 saturated carbocycles. The summed E-state index contributed by atoms with van der Waals surface area (Å²) in [4.78, 5) is 18.2. The summed E-state index contributed by atoms with van der Waals surface area (Å²) >= 11 is 0. The molecule has 0 amide bonds. The van der Waals surface area contributed by atoms with Crippen LogP contribution in [0, 0.1) is 0 Å². The van der Waals surface area contributed by atoms with E-state index >= 15 is 0 Å². The summed E-state index contributed by atoms with van der Waals surface area (Å²) in [6.07, 6.45) is 6.66. The molecule has 2 rings (SSSR count). The van der Waals surface area contributed by atoms with Crippen LogP contribution in [0.3, 0.4) is 0 Å². The Balaban J connectivity index is 2.06. The zero-order valence-corrected chi connectivity index (χ0v) is 9.78. The Kier molecular flexibility index (Phi) is 3.52. The highest BCUT2D eigenvalue weighted by molar-refractivity contribution is 5.86. The van der Waals surface area contributed by atoms with Gasteiger partial charge in [-0.15, -0.1) is 0 Å². The van der Waals surface area contributed by atoms with Crippen molar-refractivity contribution in [3.05, 3.63) is 30.4 Å². The fraction of sp³-hybridized carbons (Fsp3) is 0.273. The lowest BCUT2D eigenvalue weighted by Gasteiger charge is -2.00. The maximum absolute atomic E-state index is 10.6. The standard InChI is InChI=1S/C11H12N4O3/c1-2-3-15-7-9(6-14-15)18-11-12-4-8(5-13-11)10(16)17/h4-7H,2-3H2,1H3,(H,16,17). The van der Waals surface area contributed by atoms with E-state index in [2.05, 4.69) is 22.0 Å². The number of aryl methyl sites for hydroxylation is 1. The molecule has 0 aliphatic rings. The summed E-state index contributed by atoms with van der Waals surface area (Å²) < 4.78 is 7.09. The van der Waals surface area contributed by atoms with Crippen molar-refractivity contribution in [1.29, 1.82) is 0 Å². The molecule has 2 aromatic rings. The third-order valence-electron chi connectivity index (χ3n) is 2.15. The van der Waals surface area contributed by atoms with Crippen LogP contribution in [0.15, 0.2) is 24.8 Å². The molecule has 0 fully saturated rings. The molecule has 0 spiro atoms. The predicted octanol–water partition coefficient (Wildman–Crippen LogP) is 1.57. The van der Waals surface area contributed by atoms with Gasteiger partial charge in [-0.1, -0.05) is 6.92 Å². The molecular formula is C11H12N4O3. The van der Waals surface area contributed by atoms with Gasteiger partial charge in [0.2, 0.25) is 0 Å². The quantitative estimate of drug-likeness (QED) is 0.863. The lowest BCUT2D eigenvalue weighted by atomic mass is 10.4. The van der Waals surface area contributed by atoms with E-state index in [-0.39, 0.29) is 11.6 Å². The van der Waals surface area contributed by atoms with E-state index in [1.54, 1.807) is 17.1 Å². The largest absolute Gasteiger partial charge is 0.478 e. The van der Waals surface area contributed by atoms with E-state index in [1.165, 1.54) is 12.4 Å². The minimum Gasteiger partial charge on any atom is -0.478 e. The second-order valence-corrected chi connectivity index (χ2v) is 3.60. The zero-order chi connectivity index (χ0) is 13.0. The Bertz CT molecular complexity index is 535. The molecule has 0 radical (unpaired) electrons. The summed E-state index contributed by atoms with van der Waals surface area (Å²) in [5.41, 5.74) is 0.0176. The monoisotopic (exact) mass is 248 g/mol. The molecule has 94 valence electrons. The van der Waals surface area contributed by atoms with E-state index in [0.717, 1.165) is 13.0 Å². The van der Waals surface area contributed by atoms with Gasteiger partial charge < -0.3 is 9.84 Å². The van der Waals surface area contributed by atoms with Crippen LogP contribution in [-0.4, -0.2) is 30.8 Å². The number of carboxylic acids is 1. The number of hydrogen-bond acceptors (Lipinski definition) is 5. The molecule has 0 aromatic carbocycles. The van der Waals surface area contributed by atoms with Crippen molar-refractivity contribution >= 4 is 5.97 Å². The van der Waals surface area contributed by atoms with E-state index in [9.17, 15) is 4.79 Å². The van der Waals surface area contributed by atoms with Crippen LogP contribution in [0.4, 0.5) is 0 Å². The molecule has 0 atom stereocenters. The van der Waals surface area contributed by atoms with Crippen molar-refractivity contribution < 1.29 is 14.6 Å². The second-order valence-electron chi connectivity index (χ2n) is 3.60. The van der Waals surface area contributed by atoms with Gasteiger partial charge in [-0.05, 0) is 6.42 Å². The number of aromatic nitrogens is 4. The lowest BCUT2D eigenvalue weighted by Crippen LogP contribution is -1.99. The number of carbonyl (C=O) groups is 1. The molecule has 7 nitrogen and oxygen atoms in total. The average Bonchev–Trinajstić information content (AvgIpc) is 2.78. The van der Waals surface area contributed by atoms with Crippen molar-refractivity contribution in [2.45, 2.75) is 19.9 Å². The topological polar surface area (TPSA) is 90.1 Å². The van der Waals surface area contributed by atoms with E-state index in [4.69, 9.17) is 9.84 Å². The van der Waals surface area contributed by atoms with Gasteiger partial charge in [-0.2, -0.15) is 5.10 Å². The van der Waals surface area contributed by atoms with Gasteiger partial charge >= 0.3 is 12.0 Å². The molecule has 0 saturated heterocycles. The third-order valence-corrected chi connectivity index (χ3v) is 2.15. The lowest BCUT2D eigenvalue weighted by molar-refractivity contribution is 0.0696. The van der Waals surface area contributed by atoms with Gasteiger partial charge in [-0.3, -0.25) is 4.68 Å². The van der Waals surface area contributed by atoms with Crippen LogP contribution in [0.1, 0.15) is 23.7 Å². The third kappa shape index (κ3) is 2.82. The summed E-state index contributed by atoms with van der Waals surface area (Å²) in [5, 5.41) is 12.8. The van der Waals surface area contributed by atoms with Gasteiger partial charge in [0.05, 0.1) is 18.0 Å². The maximum Gasteiger partial charge on any atom is 0.338 e. The SMILES string of the molecule is CCCn1cc(Oc2ncc(C(=O)O)cn2)cn1. The molecule has 0 bridgehead atoms. The predicted molar refractivity (Wildman–Crippen MR) is 61.6 cm³/mol. The van der Waals surface area contributed by atoms with Gasteiger partial charge in [0.1, 0.15) is 0 Å². The number of hydrogen-bond donors (Lipinski definition) is 1. The highest BCUT2D eigenvalue weighted by Gasteiger charge is 2.06. The van der Waals surface area contributed by atoms with E-state index in [0.29, 0.717) is 5.75 Å². The Morgan fingerprint density at radius 1 is 1.39 bits per heavy atom. The van der Waals surface area contributed by atoms with Crippen molar-refractivity contribution in [2.24, 2.45) is 0 Å². The highest BCUT2D eigenvalue weighted by Crippen LogP contribution is 2.16. The molecule has 2 heterocycles. The second kappa shape index (κ2) is 5.26. The zero-order valence-electron chi connectivity index (χ0n) is 9.78. The number of carboxylic acid groups (broad SMARTS) is 1. The number of rotatable bonds is 5. The van der Waals surface area contributed by atoms with E-state index < -0.39 is 5.97 Å². The van der Waals surface area contributed by atoms with Crippen LogP contribution in [0.5, 0.6) is 11.8 Å². The van der Waals surface area contributed by atoms with Crippen molar-refractivity contribution in [1.82, 2.24) is 19.7 Å². The fourth-order valence-electron chi connectivity index (χ4n) is 1.33. The molecule has 2 aromatic heterocycles. The van der Waals surface area contributed by atoms with Crippen molar-refractivity contribution in [3.8, 4) is 11.8 Å². The van der Waals surface area contributed by atoms with Gasteiger partial charge in [0.25, 0.3) is 0 Å². The summed E-state index contributed by atoms with van der Waals surface area (Å²) in [6.45, 7) is 2.86. The smallest absolute Gasteiger partial charge is 0.338 e. The van der Waals surface area contributed by atoms with Crippen molar-refractivity contribution in [2.75, 3.05) is 0 Å². The Labute approximate surface area is 103 Å². The fourth-order valence-corrected chi connectivity index (χ4v) is 1.33. The molecule has 1 N–H and O–H groups in total. The van der Waals surface area contributed by atoms with Gasteiger partial charge in [0, 0.05) is 18.9 Å². The first-order valence-electron chi connectivity index (χ1n) is 5.44. The summed E-state index contributed by atoms with van der Waals surface area (Å²) in [5.74, 6) is -0.552. The number of aromatic carboxylic acids is 1.